The maximum atomic E-state index is 10.3. The molecule has 1 aliphatic rings. The smallest absolute Gasteiger partial charge is 0.238 e. The lowest BCUT2D eigenvalue weighted by atomic mass is 10.5. The molecule has 1 amide bonds. The molecule has 4 nitrogen and oxygen atoms in total. The molecule has 1 aliphatic heterocycles. The van der Waals surface area contributed by atoms with Gasteiger partial charge in [-0.05, 0) is 0 Å². The number of carbonyl (C=O) groups is 1. The highest BCUT2D eigenvalue weighted by molar-refractivity contribution is 7.90. The lowest BCUT2D eigenvalue weighted by Gasteiger charge is -1.85. The molecule has 45 valence electrons. The Kier molecular flexibility index (Phi) is 1.00. The van der Waals surface area contributed by atoms with Gasteiger partial charge in [0.15, 0.2) is 0 Å². The summed E-state index contributed by atoms with van der Waals surface area (Å²) < 4.78 is 22.3. The van der Waals surface area contributed by atoms with Crippen molar-refractivity contribution in [1.82, 2.24) is 4.72 Å². The standard InChI is InChI=1S/C3H4NO3S/c5-3-1-2-8(6,7)4-3/h1H,2H2,(H,4,5). The maximum Gasteiger partial charge on any atom is 0.238 e. The molecule has 0 aliphatic carbocycles. The molecule has 0 atom stereocenters. The Hall–Kier alpha value is -0.580. The third-order valence-corrected chi connectivity index (χ3v) is 1.86. The van der Waals surface area contributed by atoms with E-state index in [1.807, 2.05) is 0 Å². The quantitative estimate of drug-likeness (QED) is 0.445. The van der Waals surface area contributed by atoms with Crippen molar-refractivity contribution >= 4 is 15.9 Å². The van der Waals surface area contributed by atoms with Crippen LogP contribution in [-0.4, -0.2) is 20.1 Å². The van der Waals surface area contributed by atoms with Crippen molar-refractivity contribution < 1.29 is 13.2 Å². The van der Waals surface area contributed by atoms with Gasteiger partial charge in [-0.15, -0.1) is 0 Å². The fourth-order valence-electron chi connectivity index (χ4n) is 0.422. The van der Waals surface area contributed by atoms with Crippen LogP contribution < -0.4 is 4.72 Å². The van der Waals surface area contributed by atoms with Gasteiger partial charge in [-0.1, -0.05) is 0 Å². The van der Waals surface area contributed by atoms with E-state index in [1.54, 1.807) is 4.72 Å². The number of nitrogens with one attached hydrogen (secondary N) is 1. The van der Waals surface area contributed by atoms with E-state index in [9.17, 15) is 13.2 Å². The van der Waals surface area contributed by atoms with Gasteiger partial charge in [0.05, 0.1) is 12.2 Å². The van der Waals surface area contributed by atoms with Crippen LogP contribution in [0.1, 0.15) is 0 Å². The van der Waals surface area contributed by atoms with Gasteiger partial charge >= 0.3 is 0 Å². The predicted octanol–water partition coefficient (Wildman–Crippen LogP) is -1.35. The summed E-state index contributed by atoms with van der Waals surface area (Å²) in [7, 11) is -3.25. The third kappa shape index (κ3) is 0.975. The molecule has 1 fully saturated rings. The molecule has 1 radical (unpaired) electrons. The Morgan fingerprint density at radius 1 is 1.62 bits per heavy atom. The van der Waals surface area contributed by atoms with Gasteiger partial charge in [-0.3, -0.25) is 9.52 Å². The first kappa shape index (κ1) is 5.55. The van der Waals surface area contributed by atoms with E-state index < -0.39 is 15.9 Å². The minimum atomic E-state index is -3.25. The summed E-state index contributed by atoms with van der Waals surface area (Å²) in [5.41, 5.74) is 0. The number of amides is 1. The number of sulfonamides is 1. The lowest BCUT2D eigenvalue weighted by Crippen LogP contribution is -2.20. The van der Waals surface area contributed by atoms with Crippen LogP contribution in [0.15, 0.2) is 0 Å². The first-order chi connectivity index (χ1) is 3.60. The van der Waals surface area contributed by atoms with Gasteiger partial charge in [-0.2, -0.15) is 0 Å². The highest BCUT2D eigenvalue weighted by Crippen LogP contribution is 1.96. The molecule has 0 aromatic heterocycles. The normalized spacial score (nSPS) is 25.2. The second kappa shape index (κ2) is 1.45. The van der Waals surface area contributed by atoms with Crippen LogP contribution in [0.2, 0.25) is 0 Å². The van der Waals surface area contributed by atoms with Gasteiger partial charge in [0, 0.05) is 0 Å². The van der Waals surface area contributed by atoms with Crippen molar-refractivity contribution in [3.63, 3.8) is 0 Å². The zero-order chi connectivity index (χ0) is 6.20. The van der Waals surface area contributed by atoms with Gasteiger partial charge in [-0.25, -0.2) is 8.42 Å². The first-order valence-corrected chi connectivity index (χ1v) is 3.63. The number of carbonyl (C=O) groups excluding carboxylic acids is 1. The summed E-state index contributed by atoms with van der Waals surface area (Å²) in [6.07, 6.45) is 1.09. The van der Waals surface area contributed by atoms with Crippen molar-refractivity contribution in [2.45, 2.75) is 0 Å². The molecule has 0 bridgehead atoms. The van der Waals surface area contributed by atoms with Gasteiger partial charge in [0.1, 0.15) is 0 Å². The maximum absolute atomic E-state index is 10.3. The average Bonchev–Trinajstić information content (AvgIpc) is 1.82. The largest absolute Gasteiger partial charge is 0.274 e. The Labute approximate surface area is 46.9 Å². The number of hydrogen-bond donors (Lipinski definition) is 1. The Morgan fingerprint density at radius 2 is 2.25 bits per heavy atom. The van der Waals surface area contributed by atoms with E-state index >= 15 is 0 Å². The van der Waals surface area contributed by atoms with Crippen LogP contribution in [0.5, 0.6) is 0 Å². The zero-order valence-corrected chi connectivity index (χ0v) is 4.73. The summed E-state index contributed by atoms with van der Waals surface area (Å²) in [6, 6.07) is 0. The summed E-state index contributed by atoms with van der Waals surface area (Å²) in [4.78, 5) is 10.1. The molecule has 0 saturated carbocycles. The highest BCUT2D eigenvalue weighted by atomic mass is 32.2. The lowest BCUT2D eigenvalue weighted by molar-refractivity contribution is -0.115. The fraction of sp³-hybridized carbons (Fsp3) is 0.333. The van der Waals surface area contributed by atoms with Crippen molar-refractivity contribution in [2.75, 3.05) is 5.75 Å². The van der Waals surface area contributed by atoms with E-state index in [4.69, 9.17) is 0 Å². The van der Waals surface area contributed by atoms with Gasteiger partial charge in [0.2, 0.25) is 15.9 Å². The Morgan fingerprint density at radius 3 is 2.38 bits per heavy atom. The van der Waals surface area contributed by atoms with Crippen LogP contribution in [0.3, 0.4) is 0 Å². The second-order valence-corrected chi connectivity index (χ2v) is 3.22. The van der Waals surface area contributed by atoms with E-state index in [2.05, 4.69) is 0 Å². The van der Waals surface area contributed by atoms with Crippen molar-refractivity contribution in [3.8, 4) is 0 Å². The Bertz CT molecular complexity index is 205. The van der Waals surface area contributed by atoms with E-state index in [0.29, 0.717) is 0 Å². The van der Waals surface area contributed by atoms with Gasteiger partial charge in [0.25, 0.3) is 0 Å². The molecule has 8 heavy (non-hydrogen) atoms. The van der Waals surface area contributed by atoms with E-state index in [-0.39, 0.29) is 5.75 Å². The van der Waals surface area contributed by atoms with Crippen LogP contribution in [-0.2, 0) is 14.8 Å². The third-order valence-electron chi connectivity index (χ3n) is 0.744. The van der Waals surface area contributed by atoms with Crippen LogP contribution in [0, 0.1) is 6.42 Å². The van der Waals surface area contributed by atoms with Crippen molar-refractivity contribution in [1.29, 1.82) is 0 Å². The molecule has 1 saturated heterocycles. The summed E-state index contributed by atoms with van der Waals surface area (Å²) in [5.74, 6) is -0.698. The molecule has 0 aromatic rings. The van der Waals surface area contributed by atoms with Crippen LogP contribution in [0.4, 0.5) is 0 Å². The highest BCUT2D eigenvalue weighted by Gasteiger charge is 2.23. The molecule has 1 rings (SSSR count). The minimum absolute atomic E-state index is 0.175. The van der Waals surface area contributed by atoms with Gasteiger partial charge < -0.3 is 0 Å². The number of rotatable bonds is 0. The molecule has 0 aromatic carbocycles. The SMILES string of the molecule is O=C1[CH]CS(=O)(=O)N1. The average molecular weight is 134 g/mol. The molecular formula is C3H4NO3S. The van der Waals surface area contributed by atoms with Crippen LogP contribution in [0.25, 0.3) is 0 Å². The first-order valence-electron chi connectivity index (χ1n) is 1.98. The molecule has 1 N–H and O–H groups in total. The predicted molar refractivity (Wildman–Crippen MR) is 26.2 cm³/mol. The number of hydrogen-bond acceptors (Lipinski definition) is 3. The van der Waals surface area contributed by atoms with Crippen molar-refractivity contribution in [2.24, 2.45) is 0 Å². The van der Waals surface area contributed by atoms with Crippen LogP contribution >= 0.6 is 0 Å². The summed E-state index contributed by atoms with van der Waals surface area (Å²) >= 11 is 0. The zero-order valence-electron chi connectivity index (χ0n) is 3.92. The fourth-order valence-corrected chi connectivity index (χ4v) is 1.27. The summed E-state index contributed by atoms with van der Waals surface area (Å²) in [6.45, 7) is 0. The molecule has 0 unspecified atom stereocenters. The molecule has 0 spiro atoms. The van der Waals surface area contributed by atoms with Crippen molar-refractivity contribution in [3.05, 3.63) is 6.42 Å². The van der Waals surface area contributed by atoms with E-state index in [0.717, 1.165) is 6.42 Å². The molecular weight excluding hydrogens is 130 g/mol. The summed E-state index contributed by atoms with van der Waals surface area (Å²) in [5, 5.41) is 0. The topological polar surface area (TPSA) is 63.2 Å². The van der Waals surface area contributed by atoms with E-state index in [1.165, 1.54) is 0 Å². The second-order valence-electron chi connectivity index (χ2n) is 1.45. The monoisotopic (exact) mass is 134 g/mol. The minimum Gasteiger partial charge on any atom is -0.274 e. The molecule has 5 heteroatoms. The molecule has 1 heterocycles. The Balaban J connectivity index is 2.86.